The van der Waals surface area contributed by atoms with Gasteiger partial charge in [-0.15, -0.1) is 0 Å². The second-order valence-corrected chi connectivity index (χ2v) is 6.34. The summed E-state index contributed by atoms with van der Waals surface area (Å²) in [6.07, 6.45) is 3.65. The van der Waals surface area contributed by atoms with Gasteiger partial charge in [-0.05, 0) is 41.8 Å². The van der Waals surface area contributed by atoms with Gasteiger partial charge in [0.25, 0.3) is 5.91 Å². The van der Waals surface area contributed by atoms with Gasteiger partial charge in [0, 0.05) is 30.5 Å². The molecule has 1 aromatic heterocycles. The number of nitrogens with zero attached hydrogens (tertiary/aromatic N) is 2. The van der Waals surface area contributed by atoms with Gasteiger partial charge in [-0.25, -0.2) is 14.4 Å². The Hall–Kier alpha value is -2.99. The normalized spacial score (nSPS) is 10.4. The van der Waals surface area contributed by atoms with Crippen molar-refractivity contribution in [3.05, 3.63) is 88.5 Å². The predicted molar refractivity (Wildman–Crippen MR) is 103 cm³/mol. The molecule has 0 unspecified atom stereocenters. The van der Waals surface area contributed by atoms with Crippen LogP contribution >= 0.6 is 11.6 Å². The van der Waals surface area contributed by atoms with Crippen LogP contribution in [-0.2, 0) is 13.0 Å². The summed E-state index contributed by atoms with van der Waals surface area (Å²) in [6.45, 7) is 0.970. The topological polar surface area (TPSA) is 66.9 Å². The lowest BCUT2D eigenvalue weighted by Gasteiger charge is -2.07. The average molecular weight is 385 g/mol. The summed E-state index contributed by atoms with van der Waals surface area (Å²) in [5.74, 6) is -0.104. The molecule has 0 aliphatic carbocycles. The number of halogens is 2. The Morgan fingerprint density at radius 3 is 2.26 bits per heavy atom. The minimum Gasteiger partial charge on any atom is -0.352 e. The van der Waals surface area contributed by atoms with E-state index in [2.05, 4.69) is 20.6 Å². The SMILES string of the molecule is O=C(NCCc1ccc(Cl)cc1)c1cnc(NCc2ccc(F)cc2)nc1. The largest absolute Gasteiger partial charge is 0.352 e. The first-order valence-corrected chi connectivity index (χ1v) is 8.81. The molecule has 2 aromatic carbocycles. The number of hydrogen-bond donors (Lipinski definition) is 2. The van der Waals surface area contributed by atoms with Crippen LogP contribution in [0.3, 0.4) is 0 Å². The fourth-order valence-electron chi connectivity index (χ4n) is 2.39. The number of rotatable bonds is 7. The molecule has 0 spiro atoms. The summed E-state index contributed by atoms with van der Waals surface area (Å²) < 4.78 is 12.9. The zero-order valence-electron chi connectivity index (χ0n) is 14.5. The Kier molecular flexibility index (Phi) is 6.33. The molecular formula is C20H18ClFN4O. The smallest absolute Gasteiger partial charge is 0.254 e. The summed E-state index contributed by atoms with van der Waals surface area (Å²) in [6, 6.07) is 13.7. The zero-order chi connectivity index (χ0) is 19.1. The Labute approximate surface area is 161 Å². The highest BCUT2D eigenvalue weighted by molar-refractivity contribution is 6.30. The van der Waals surface area contributed by atoms with Crippen molar-refractivity contribution in [3.8, 4) is 0 Å². The summed E-state index contributed by atoms with van der Waals surface area (Å²) in [4.78, 5) is 20.4. The maximum Gasteiger partial charge on any atom is 0.254 e. The number of benzene rings is 2. The van der Waals surface area contributed by atoms with Crippen LogP contribution in [0.15, 0.2) is 60.9 Å². The van der Waals surface area contributed by atoms with Gasteiger partial charge < -0.3 is 10.6 Å². The number of carbonyl (C=O) groups excluding carboxylic acids is 1. The minimum atomic E-state index is -0.276. The molecule has 5 nitrogen and oxygen atoms in total. The first-order chi connectivity index (χ1) is 13.1. The fraction of sp³-hybridized carbons (Fsp3) is 0.150. The van der Waals surface area contributed by atoms with Crippen LogP contribution in [0.25, 0.3) is 0 Å². The van der Waals surface area contributed by atoms with Gasteiger partial charge in [0.15, 0.2) is 0 Å². The van der Waals surface area contributed by atoms with Crippen molar-refractivity contribution in [1.29, 1.82) is 0 Å². The van der Waals surface area contributed by atoms with Crippen molar-refractivity contribution < 1.29 is 9.18 Å². The van der Waals surface area contributed by atoms with Crippen molar-refractivity contribution in [2.45, 2.75) is 13.0 Å². The Bertz CT molecular complexity index is 883. The molecule has 3 aromatic rings. The molecule has 0 atom stereocenters. The first kappa shape index (κ1) is 18.8. The van der Waals surface area contributed by atoms with E-state index in [-0.39, 0.29) is 11.7 Å². The monoisotopic (exact) mass is 384 g/mol. The molecule has 0 aliphatic rings. The first-order valence-electron chi connectivity index (χ1n) is 8.43. The molecule has 0 fully saturated rings. The summed E-state index contributed by atoms with van der Waals surface area (Å²) in [5.41, 5.74) is 2.39. The molecule has 3 rings (SSSR count). The maximum absolute atomic E-state index is 12.9. The van der Waals surface area contributed by atoms with Crippen LogP contribution in [-0.4, -0.2) is 22.4 Å². The van der Waals surface area contributed by atoms with Crippen LogP contribution in [0.1, 0.15) is 21.5 Å². The quantitative estimate of drug-likeness (QED) is 0.649. The highest BCUT2D eigenvalue weighted by atomic mass is 35.5. The molecule has 2 N–H and O–H groups in total. The van der Waals surface area contributed by atoms with E-state index in [1.165, 1.54) is 24.5 Å². The Morgan fingerprint density at radius 2 is 1.59 bits per heavy atom. The van der Waals surface area contributed by atoms with Crippen LogP contribution in [0.5, 0.6) is 0 Å². The van der Waals surface area contributed by atoms with Crippen LogP contribution < -0.4 is 10.6 Å². The lowest BCUT2D eigenvalue weighted by molar-refractivity contribution is 0.0953. The van der Waals surface area contributed by atoms with E-state index in [0.717, 1.165) is 11.1 Å². The second kappa shape index (κ2) is 9.09. The third-order valence-electron chi connectivity index (χ3n) is 3.89. The molecule has 1 amide bonds. The van der Waals surface area contributed by atoms with E-state index < -0.39 is 0 Å². The predicted octanol–water partition coefficient (Wildman–Crippen LogP) is 3.85. The molecular weight excluding hydrogens is 367 g/mol. The molecule has 138 valence electrons. The van der Waals surface area contributed by atoms with E-state index in [9.17, 15) is 9.18 Å². The molecule has 0 radical (unpaired) electrons. The lowest BCUT2D eigenvalue weighted by Crippen LogP contribution is -2.26. The minimum absolute atomic E-state index is 0.228. The molecule has 0 saturated carbocycles. The van der Waals surface area contributed by atoms with Gasteiger partial charge in [-0.3, -0.25) is 4.79 Å². The Balaban J connectivity index is 1.46. The van der Waals surface area contributed by atoms with Gasteiger partial charge in [0.1, 0.15) is 5.82 Å². The van der Waals surface area contributed by atoms with Gasteiger partial charge in [0.2, 0.25) is 5.95 Å². The van der Waals surface area contributed by atoms with Gasteiger partial charge in [-0.1, -0.05) is 35.9 Å². The Morgan fingerprint density at radius 1 is 0.963 bits per heavy atom. The van der Waals surface area contributed by atoms with E-state index in [1.54, 1.807) is 12.1 Å². The number of amides is 1. The van der Waals surface area contributed by atoms with Crippen molar-refractivity contribution in [1.82, 2.24) is 15.3 Å². The highest BCUT2D eigenvalue weighted by Crippen LogP contribution is 2.10. The van der Waals surface area contributed by atoms with E-state index in [1.807, 2.05) is 24.3 Å². The molecule has 1 heterocycles. The summed E-state index contributed by atoms with van der Waals surface area (Å²) in [5, 5.41) is 6.55. The molecule has 0 bridgehead atoms. The van der Waals surface area contributed by atoms with E-state index >= 15 is 0 Å². The summed E-state index contributed by atoms with van der Waals surface area (Å²) in [7, 11) is 0. The molecule has 7 heteroatoms. The van der Waals surface area contributed by atoms with Crippen molar-refractivity contribution in [3.63, 3.8) is 0 Å². The van der Waals surface area contributed by atoms with Crippen LogP contribution in [0.2, 0.25) is 5.02 Å². The van der Waals surface area contributed by atoms with Gasteiger partial charge in [-0.2, -0.15) is 0 Å². The molecule has 0 saturated heterocycles. The number of anilines is 1. The van der Waals surface area contributed by atoms with Crippen molar-refractivity contribution in [2.75, 3.05) is 11.9 Å². The van der Waals surface area contributed by atoms with E-state index in [4.69, 9.17) is 11.6 Å². The van der Waals surface area contributed by atoms with Gasteiger partial charge >= 0.3 is 0 Å². The van der Waals surface area contributed by atoms with E-state index in [0.29, 0.717) is 36.0 Å². The molecule has 0 aliphatic heterocycles. The van der Waals surface area contributed by atoms with Gasteiger partial charge in [0.05, 0.1) is 5.56 Å². The van der Waals surface area contributed by atoms with Crippen molar-refractivity contribution >= 4 is 23.5 Å². The number of aromatic nitrogens is 2. The fourth-order valence-corrected chi connectivity index (χ4v) is 2.52. The summed E-state index contributed by atoms with van der Waals surface area (Å²) >= 11 is 5.85. The number of nitrogens with one attached hydrogen (secondary N) is 2. The average Bonchev–Trinajstić information content (AvgIpc) is 2.69. The second-order valence-electron chi connectivity index (χ2n) is 5.91. The maximum atomic E-state index is 12.9. The van der Waals surface area contributed by atoms with Crippen LogP contribution in [0.4, 0.5) is 10.3 Å². The van der Waals surface area contributed by atoms with Crippen molar-refractivity contribution in [2.24, 2.45) is 0 Å². The third kappa shape index (κ3) is 5.76. The van der Waals surface area contributed by atoms with Crippen LogP contribution in [0, 0.1) is 5.82 Å². The number of hydrogen-bond acceptors (Lipinski definition) is 4. The number of carbonyl (C=O) groups is 1. The standard InChI is InChI=1S/C20H18ClFN4O/c21-17-5-1-14(2-6-17)9-10-23-19(27)16-12-25-20(26-13-16)24-11-15-3-7-18(22)8-4-15/h1-8,12-13H,9-11H2,(H,23,27)(H,24,25,26). The third-order valence-corrected chi connectivity index (χ3v) is 4.14. The lowest BCUT2D eigenvalue weighted by atomic mass is 10.1. The highest BCUT2D eigenvalue weighted by Gasteiger charge is 2.07. The zero-order valence-corrected chi connectivity index (χ0v) is 15.2. The molecule has 27 heavy (non-hydrogen) atoms.